The first kappa shape index (κ1) is 29.0. The van der Waals surface area contributed by atoms with Crippen LogP contribution in [0.5, 0.6) is 17.2 Å². The van der Waals surface area contributed by atoms with Crippen molar-refractivity contribution in [2.75, 3.05) is 12.0 Å². The molecule has 0 bridgehead atoms. The van der Waals surface area contributed by atoms with Crippen LogP contribution in [-0.2, 0) is 4.79 Å². The first-order chi connectivity index (χ1) is 20.6. The number of carbonyl (C=O) groups is 1. The smallest absolute Gasteiger partial charge is 0.318 e. The van der Waals surface area contributed by atoms with E-state index >= 15 is 0 Å². The SMILES string of the molecule is COc1cc(/C=C2\SC(=Nc3ccc(C)cc3)N(c3ccc(C)cc3)C2=O)ccc1Oc1ccc([N+](=O)[O-])cc1[N+](=O)[O-]. The zero-order valence-corrected chi connectivity index (χ0v) is 24.0. The van der Waals surface area contributed by atoms with E-state index in [4.69, 9.17) is 14.5 Å². The zero-order chi connectivity index (χ0) is 30.7. The van der Waals surface area contributed by atoms with Crippen LogP contribution in [0.3, 0.4) is 0 Å². The fourth-order valence-corrected chi connectivity index (χ4v) is 5.18. The molecule has 12 heteroatoms. The molecule has 1 aliphatic rings. The standard InChI is InChI=1S/C31H24N4O7S/c1-19-4-9-22(10-5-19)32-31-33(23-11-6-20(2)7-12-23)30(36)29(43-31)17-21-8-14-27(28(16-21)41-3)42-26-15-13-24(34(37)38)18-25(26)35(39)40/h4-18H,1-3H3/b29-17-,32-31?. The van der Waals surface area contributed by atoms with Gasteiger partial charge in [-0.1, -0.05) is 41.5 Å². The van der Waals surface area contributed by atoms with Crippen molar-refractivity contribution in [3.05, 3.63) is 127 Å². The third kappa shape index (κ3) is 6.39. The number of nitro benzene ring substituents is 2. The molecule has 11 nitrogen and oxygen atoms in total. The Bertz CT molecular complexity index is 1800. The number of nitro groups is 2. The lowest BCUT2D eigenvalue weighted by atomic mass is 10.1. The number of aryl methyl sites for hydroxylation is 2. The largest absolute Gasteiger partial charge is 0.493 e. The van der Waals surface area contributed by atoms with E-state index in [1.54, 1.807) is 29.2 Å². The number of nitrogens with zero attached hydrogens (tertiary/aromatic N) is 4. The number of amidine groups is 1. The summed E-state index contributed by atoms with van der Waals surface area (Å²) in [5, 5.41) is 23.1. The topological polar surface area (TPSA) is 137 Å². The van der Waals surface area contributed by atoms with Crippen molar-refractivity contribution in [3.63, 3.8) is 0 Å². The molecule has 1 amide bonds. The predicted octanol–water partition coefficient (Wildman–Crippen LogP) is 7.73. The van der Waals surface area contributed by atoms with Gasteiger partial charge in [0.25, 0.3) is 11.6 Å². The van der Waals surface area contributed by atoms with E-state index in [-0.39, 0.29) is 23.2 Å². The molecule has 0 aromatic heterocycles. The van der Waals surface area contributed by atoms with Gasteiger partial charge in [0.15, 0.2) is 16.7 Å². The number of hydrogen-bond acceptors (Lipinski definition) is 9. The van der Waals surface area contributed by atoms with E-state index in [9.17, 15) is 25.0 Å². The summed E-state index contributed by atoms with van der Waals surface area (Å²) < 4.78 is 11.2. The van der Waals surface area contributed by atoms with Gasteiger partial charge in [-0.05, 0) is 79.7 Å². The van der Waals surface area contributed by atoms with E-state index in [0.717, 1.165) is 29.3 Å². The number of hydrogen-bond donors (Lipinski definition) is 0. The Balaban J connectivity index is 1.48. The predicted molar refractivity (Wildman–Crippen MR) is 165 cm³/mol. The fourth-order valence-electron chi connectivity index (χ4n) is 4.18. The van der Waals surface area contributed by atoms with Crippen LogP contribution < -0.4 is 14.4 Å². The van der Waals surface area contributed by atoms with E-state index in [2.05, 4.69) is 0 Å². The third-order valence-corrected chi connectivity index (χ3v) is 7.38. The number of benzene rings is 4. The number of thioether (sulfide) groups is 1. The minimum Gasteiger partial charge on any atom is -0.493 e. The fraction of sp³-hybridized carbons (Fsp3) is 0.0968. The van der Waals surface area contributed by atoms with Crippen LogP contribution in [0.4, 0.5) is 22.7 Å². The molecule has 4 aromatic carbocycles. The normalized spacial score (nSPS) is 14.8. The summed E-state index contributed by atoms with van der Waals surface area (Å²) in [6.07, 6.45) is 1.70. The van der Waals surface area contributed by atoms with Crippen molar-refractivity contribution in [2.45, 2.75) is 13.8 Å². The number of non-ortho nitro benzene ring substituents is 1. The molecule has 0 atom stereocenters. The highest BCUT2D eigenvalue weighted by Gasteiger charge is 2.35. The lowest BCUT2D eigenvalue weighted by molar-refractivity contribution is -0.394. The molecule has 216 valence electrons. The number of anilines is 1. The first-order valence-corrected chi connectivity index (χ1v) is 13.7. The van der Waals surface area contributed by atoms with Crippen LogP contribution in [0.15, 0.2) is 94.8 Å². The Morgan fingerprint density at radius 2 is 1.47 bits per heavy atom. The maximum Gasteiger partial charge on any atom is 0.318 e. The third-order valence-electron chi connectivity index (χ3n) is 6.41. The van der Waals surface area contributed by atoms with Gasteiger partial charge in [0.2, 0.25) is 5.75 Å². The Morgan fingerprint density at radius 3 is 2.09 bits per heavy atom. The number of methoxy groups -OCH3 is 1. The van der Waals surface area contributed by atoms with Crippen molar-refractivity contribution in [1.29, 1.82) is 0 Å². The van der Waals surface area contributed by atoms with Gasteiger partial charge in [0.05, 0.1) is 39.3 Å². The highest BCUT2D eigenvalue weighted by atomic mass is 32.2. The maximum absolute atomic E-state index is 13.7. The Hall–Kier alpha value is -5.49. The van der Waals surface area contributed by atoms with Gasteiger partial charge >= 0.3 is 5.69 Å². The molecule has 1 heterocycles. The Kier molecular flexibility index (Phi) is 8.21. The average Bonchev–Trinajstić information content (AvgIpc) is 3.29. The molecular weight excluding hydrogens is 572 g/mol. The van der Waals surface area contributed by atoms with Crippen molar-refractivity contribution in [3.8, 4) is 17.2 Å². The minimum atomic E-state index is -0.758. The van der Waals surface area contributed by atoms with Gasteiger partial charge in [-0.25, -0.2) is 4.99 Å². The van der Waals surface area contributed by atoms with Crippen LogP contribution in [0.1, 0.15) is 16.7 Å². The zero-order valence-electron chi connectivity index (χ0n) is 23.2. The molecule has 43 heavy (non-hydrogen) atoms. The van der Waals surface area contributed by atoms with Gasteiger partial charge in [-0.2, -0.15) is 0 Å². The second-order valence-corrected chi connectivity index (χ2v) is 10.5. The number of amides is 1. The molecular formula is C31H24N4O7S. The summed E-state index contributed by atoms with van der Waals surface area (Å²) in [5.74, 6) is -0.0518. The molecule has 0 unspecified atom stereocenters. The summed E-state index contributed by atoms with van der Waals surface area (Å²) in [7, 11) is 1.41. The van der Waals surface area contributed by atoms with Gasteiger partial charge in [0.1, 0.15) is 0 Å². The highest BCUT2D eigenvalue weighted by Crippen LogP contribution is 2.41. The van der Waals surface area contributed by atoms with Crippen LogP contribution in [0.25, 0.3) is 6.08 Å². The van der Waals surface area contributed by atoms with Crippen molar-refractivity contribution in [1.82, 2.24) is 0 Å². The van der Waals surface area contributed by atoms with Gasteiger partial charge < -0.3 is 9.47 Å². The number of aliphatic imine (C=N–C) groups is 1. The molecule has 1 fully saturated rings. The molecule has 4 aromatic rings. The summed E-state index contributed by atoms with van der Waals surface area (Å²) in [4.78, 5) is 41.6. The molecule has 0 saturated carbocycles. The number of carbonyl (C=O) groups excluding carboxylic acids is 1. The summed E-state index contributed by atoms with van der Waals surface area (Å²) in [6, 6.07) is 23.2. The maximum atomic E-state index is 13.7. The average molecular weight is 597 g/mol. The second-order valence-electron chi connectivity index (χ2n) is 9.50. The first-order valence-electron chi connectivity index (χ1n) is 12.9. The summed E-state index contributed by atoms with van der Waals surface area (Å²) in [5.41, 5.74) is 3.16. The van der Waals surface area contributed by atoms with Crippen LogP contribution in [0.2, 0.25) is 0 Å². The Morgan fingerprint density at radius 1 is 0.814 bits per heavy atom. The Labute approximate surface area is 250 Å². The molecule has 1 aliphatic heterocycles. The molecule has 5 rings (SSSR count). The number of rotatable bonds is 8. The second kappa shape index (κ2) is 12.2. The van der Waals surface area contributed by atoms with Crippen LogP contribution in [-0.4, -0.2) is 28.0 Å². The van der Waals surface area contributed by atoms with Crippen LogP contribution >= 0.6 is 11.8 Å². The summed E-state index contributed by atoms with van der Waals surface area (Å²) >= 11 is 1.23. The minimum absolute atomic E-state index is 0.148. The molecule has 1 saturated heterocycles. The lowest BCUT2D eigenvalue weighted by Gasteiger charge is -2.16. The van der Waals surface area contributed by atoms with Crippen LogP contribution in [0, 0.1) is 34.1 Å². The van der Waals surface area contributed by atoms with E-state index in [1.165, 1.54) is 18.9 Å². The lowest BCUT2D eigenvalue weighted by Crippen LogP contribution is -2.28. The number of ether oxygens (including phenoxy) is 2. The molecule has 0 aliphatic carbocycles. The quantitative estimate of drug-likeness (QED) is 0.114. The van der Waals surface area contributed by atoms with E-state index < -0.39 is 21.2 Å². The summed E-state index contributed by atoms with van der Waals surface area (Å²) in [6.45, 7) is 3.96. The highest BCUT2D eigenvalue weighted by molar-refractivity contribution is 8.19. The van der Waals surface area contributed by atoms with Crippen molar-refractivity contribution >= 4 is 51.7 Å². The van der Waals surface area contributed by atoms with E-state index in [0.29, 0.717) is 27.0 Å². The molecule has 0 N–H and O–H groups in total. The monoisotopic (exact) mass is 596 g/mol. The van der Waals surface area contributed by atoms with E-state index in [1.807, 2.05) is 62.4 Å². The van der Waals surface area contributed by atoms with Gasteiger partial charge in [-0.15, -0.1) is 0 Å². The van der Waals surface area contributed by atoms with Gasteiger partial charge in [0, 0.05) is 6.07 Å². The van der Waals surface area contributed by atoms with Crippen molar-refractivity contribution in [2.24, 2.45) is 4.99 Å². The molecule has 0 radical (unpaired) electrons. The van der Waals surface area contributed by atoms with Gasteiger partial charge in [-0.3, -0.25) is 29.9 Å². The molecule has 0 spiro atoms. The van der Waals surface area contributed by atoms with Crippen molar-refractivity contribution < 1.29 is 24.1 Å².